The quantitative estimate of drug-likeness (QED) is 0.638. The first kappa shape index (κ1) is 20.9. The molecule has 0 amide bonds. The zero-order valence-electron chi connectivity index (χ0n) is 19.0. The number of hydrogen-bond acceptors (Lipinski definition) is 6. The summed E-state index contributed by atoms with van der Waals surface area (Å²) in [5, 5.41) is 0. The molecule has 0 unspecified atom stereocenters. The van der Waals surface area contributed by atoms with Crippen LogP contribution in [0.3, 0.4) is 0 Å². The summed E-state index contributed by atoms with van der Waals surface area (Å²) < 4.78 is 5.31. The van der Waals surface area contributed by atoms with Crippen LogP contribution in [0.1, 0.15) is 53.7 Å². The second-order valence-electron chi connectivity index (χ2n) is 8.95. The minimum Gasteiger partial charge on any atom is -0.497 e. The molecular formula is C25H32N6O. The lowest BCUT2D eigenvalue weighted by Gasteiger charge is -2.34. The van der Waals surface area contributed by atoms with Crippen molar-refractivity contribution < 1.29 is 4.74 Å². The first-order valence-electron chi connectivity index (χ1n) is 11.7. The highest BCUT2D eigenvalue weighted by molar-refractivity contribution is 5.52. The molecule has 2 aromatic heterocycles. The highest BCUT2D eigenvalue weighted by atomic mass is 16.5. The highest BCUT2D eigenvalue weighted by Crippen LogP contribution is 2.32. The number of H-pyrrole nitrogens is 1. The lowest BCUT2D eigenvalue weighted by atomic mass is 9.96. The largest absolute Gasteiger partial charge is 0.497 e. The Bertz CT molecular complexity index is 1030. The first-order valence-corrected chi connectivity index (χ1v) is 11.7. The number of likely N-dealkylation sites (tertiary alicyclic amines) is 1. The van der Waals surface area contributed by atoms with Gasteiger partial charge in [-0.3, -0.25) is 4.90 Å². The summed E-state index contributed by atoms with van der Waals surface area (Å²) >= 11 is 0. The normalized spacial score (nSPS) is 19.1. The Hall–Kier alpha value is -2.93. The van der Waals surface area contributed by atoms with Gasteiger partial charge in [0.15, 0.2) is 0 Å². The molecule has 5 rings (SSSR count). The van der Waals surface area contributed by atoms with Crippen LogP contribution in [-0.2, 0) is 19.5 Å². The van der Waals surface area contributed by atoms with E-state index in [4.69, 9.17) is 14.7 Å². The number of aromatic nitrogens is 4. The number of imidazole rings is 1. The molecule has 2 aliphatic rings. The Balaban J connectivity index is 1.36. The molecule has 0 radical (unpaired) electrons. The number of anilines is 1. The molecular weight excluding hydrogens is 400 g/mol. The SMILES string of the molecule is COc1ccc(CN2CCCc3c(C)nc([C@H]4CCCN(Cc5ncc[nH]5)C4)nc32)cc1. The van der Waals surface area contributed by atoms with Crippen molar-refractivity contribution in [3.8, 4) is 5.75 Å². The maximum atomic E-state index is 5.31. The van der Waals surface area contributed by atoms with Crippen molar-refractivity contribution in [1.82, 2.24) is 24.8 Å². The van der Waals surface area contributed by atoms with Crippen LogP contribution in [0.15, 0.2) is 36.7 Å². The van der Waals surface area contributed by atoms with Gasteiger partial charge in [-0.25, -0.2) is 15.0 Å². The number of aromatic amines is 1. The molecule has 32 heavy (non-hydrogen) atoms. The van der Waals surface area contributed by atoms with Gasteiger partial charge in [0.1, 0.15) is 23.2 Å². The molecule has 1 atom stereocenters. The Labute approximate surface area is 189 Å². The summed E-state index contributed by atoms with van der Waals surface area (Å²) in [5.74, 6) is 4.43. The van der Waals surface area contributed by atoms with Crippen molar-refractivity contribution in [2.75, 3.05) is 31.6 Å². The Morgan fingerprint density at radius 3 is 2.75 bits per heavy atom. The zero-order chi connectivity index (χ0) is 21.9. The molecule has 0 saturated carbocycles. The summed E-state index contributed by atoms with van der Waals surface area (Å²) in [5.41, 5.74) is 3.74. The van der Waals surface area contributed by atoms with Crippen LogP contribution in [0.4, 0.5) is 5.82 Å². The van der Waals surface area contributed by atoms with E-state index in [1.807, 2.05) is 24.5 Å². The van der Waals surface area contributed by atoms with E-state index >= 15 is 0 Å². The molecule has 7 heteroatoms. The maximum absolute atomic E-state index is 5.31. The molecule has 168 valence electrons. The zero-order valence-corrected chi connectivity index (χ0v) is 19.0. The number of rotatable bonds is 6. The number of fused-ring (bicyclic) bond motifs is 1. The van der Waals surface area contributed by atoms with Crippen molar-refractivity contribution in [1.29, 1.82) is 0 Å². The molecule has 4 heterocycles. The number of aryl methyl sites for hydroxylation is 1. The van der Waals surface area contributed by atoms with Gasteiger partial charge in [-0.1, -0.05) is 12.1 Å². The summed E-state index contributed by atoms with van der Waals surface area (Å²) in [7, 11) is 1.71. The Morgan fingerprint density at radius 2 is 1.97 bits per heavy atom. The fraction of sp³-hybridized carbons (Fsp3) is 0.480. The number of benzene rings is 1. The third-order valence-corrected chi connectivity index (χ3v) is 6.70. The minimum absolute atomic E-state index is 0.368. The van der Waals surface area contributed by atoms with Crippen LogP contribution < -0.4 is 9.64 Å². The molecule has 2 aliphatic heterocycles. The highest BCUT2D eigenvalue weighted by Gasteiger charge is 2.28. The molecule has 3 aromatic rings. The second kappa shape index (κ2) is 9.28. The summed E-state index contributed by atoms with van der Waals surface area (Å²) in [6.07, 6.45) is 8.24. The van der Waals surface area contributed by atoms with E-state index in [9.17, 15) is 0 Å². The van der Waals surface area contributed by atoms with Gasteiger partial charge in [0, 0.05) is 49.2 Å². The Kier molecular flexibility index (Phi) is 6.08. The van der Waals surface area contributed by atoms with Gasteiger partial charge in [0.05, 0.1) is 13.7 Å². The van der Waals surface area contributed by atoms with Crippen LogP contribution in [0, 0.1) is 6.92 Å². The molecule has 7 nitrogen and oxygen atoms in total. The second-order valence-corrected chi connectivity index (χ2v) is 8.95. The van der Waals surface area contributed by atoms with Gasteiger partial charge in [-0.2, -0.15) is 0 Å². The summed E-state index contributed by atoms with van der Waals surface area (Å²) in [6.45, 7) is 7.00. The van der Waals surface area contributed by atoms with Gasteiger partial charge < -0.3 is 14.6 Å². The van der Waals surface area contributed by atoms with Gasteiger partial charge in [0.25, 0.3) is 0 Å². The van der Waals surface area contributed by atoms with Crippen molar-refractivity contribution in [2.24, 2.45) is 0 Å². The minimum atomic E-state index is 0.368. The third kappa shape index (κ3) is 4.48. The molecule has 1 fully saturated rings. The van der Waals surface area contributed by atoms with Gasteiger partial charge in [0.2, 0.25) is 0 Å². The summed E-state index contributed by atoms with van der Waals surface area (Å²) in [6, 6.07) is 8.37. The molecule has 1 N–H and O–H groups in total. The number of methoxy groups -OCH3 is 1. The molecule has 0 spiro atoms. The average Bonchev–Trinajstić information content (AvgIpc) is 3.33. The van der Waals surface area contributed by atoms with E-state index in [1.165, 1.54) is 17.5 Å². The van der Waals surface area contributed by atoms with Crippen molar-refractivity contribution in [3.05, 3.63) is 65.1 Å². The van der Waals surface area contributed by atoms with E-state index in [-0.39, 0.29) is 0 Å². The van der Waals surface area contributed by atoms with E-state index in [0.717, 1.165) is 80.9 Å². The van der Waals surface area contributed by atoms with Crippen molar-refractivity contribution in [2.45, 2.75) is 51.6 Å². The monoisotopic (exact) mass is 432 g/mol. The van der Waals surface area contributed by atoms with E-state index in [1.54, 1.807) is 7.11 Å². The molecule has 0 bridgehead atoms. The smallest absolute Gasteiger partial charge is 0.136 e. The van der Waals surface area contributed by atoms with Gasteiger partial charge in [-0.15, -0.1) is 0 Å². The fourth-order valence-electron chi connectivity index (χ4n) is 5.00. The lowest BCUT2D eigenvalue weighted by Crippen LogP contribution is -2.36. The molecule has 1 saturated heterocycles. The standard InChI is InChI=1S/C25H32N6O/c1-18-22-6-4-14-31(15-19-7-9-21(32-2)10-8-19)25(22)29-24(28-18)20-5-3-13-30(16-20)17-23-26-11-12-27-23/h7-12,20H,3-6,13-17H2,1-2H3,(H,26,27)/t20-/m0/s1. The number of nitrogens with one attached hydrogen (secondary N) is 1. The molecule has 0 aliphatic carbocycles. The lowest BCUT2D eigenvalue weighted by molar-refractivity contribution is 0.192. The first-order chi connectivity index (χ1) is 15.7. The van der Waals surface area contributed by atoms with Crippen LogP contribution >= 0.6 is 0 Å². The predicted molar refractivity (Wildman–Crippen MR) is 125 cm³/mol. The maximum Gasteiger partial charge on any atom is 0.136 e. The van der Waals surface area contributed by atoms with Crippen LogP contribution in [0.5, 0.6) is 5.75 Å². The van der Waals surface area contributed by atoms with E-state index in [2.05, 4.69) is 38.8 Å². The van der Waals surface area contributed by atoms with E-state index in [0.29, 0.717) is 5.92 Å². The van der Waals surface area contributed by atoms with Crippen LogP contribution in [0.25, 0.3) is 0 Å². The number of hydrogen-bond donors (Lipinski definition) is 1. The topological polar surface area (TPSA) is 70.2 Å². The fourth-order valence-corrected chi connectivity index (χ4v) is 5.00. The third-order valence-electron chi connectivity index (χ3n) is 6.70. The summed E-state index contributed by atoms with van der Waals surface area (Å²) in [4.78, 5) is 22.7. The van der Waals surface area contributed by atoms with Gasteiger partial charge >= 0.3 is 0 Å². The average molecular weight is 433 g/mol. The van der Waals surface area contributed by atoms with Crippen molar-refractivity contribution in [3.63, 3.8) is 0 Å². The van der Waals surface area contributed by atoms with Gasteiger partial charge in [-0.05, 0) is 56.8 Å². The Morgan fingerprint density at radius 1 is 1.09 bits per heavy atom. The number of ether oxygens (including phenoxy) is 1. The molecule has 1 aromatic carbocycles. The number of nitrogens with zero attached hydrogens (tertiary/aromatic N) is 5. The van der Waals surface area contributed by atoms with E-state index < -0.39 is 0 Å². The number of piperidine rings is 1. The van der Waals surface area contributed by atoms with Crippen LogP contribution in [-0.4, -0.2) is 51.6 Å². The van der Waals surface area contributed by atoms with Crippen LogP contribution in [0.2, 0.25) is 0 Å². The van der Waals surface area contributed by atoms with Crippen molar-refractivity contribution >= 4 is 5.82 Å². The predicted octanol–water partition coefficient (Wildman–Crippen LogP) is 3.85.